The van der Waals surface area contributed by atoms with Crippen LogP contribution in [0.5, 0.6) is 0 Å². The van der Waals surface area contributed by atoms with E-state index in [1.807, 2.05) is 40.7 Å². The number of carbonyl (C=O) groups excluding carboxylic acids is 2. The largest absolute Gasteiger partial charge is 0.455 e. The summed E-state index contributed by atoms with van der Waals surface area (Å²) < 4.78 is 40.6. The predicted octanol–water partition coefficient (Wildman–Crippen LogP) is 5.70. The van der Waals surface area contributed by atoms with Crippen LogP contribution in [0.15, 0.2) is 41.5 Å². The van der Waals surface area contributed by atoms with E-state index in [-0.39, 0.29) is 13.0 Å². The van der Waals surface area contributed by atoms with Crippen LogP contribution in [0.3, 0.4) is 0 Å². The Kier molecular flexibility index (Phi) is 9.16. The smallest absolute Gasteiger partial charge is 0.338 e. The molecule has 4 fully saturated rings. The van der Waals surface area contributed by atoms with Gasteiger partial charge in [-0.1, -0.05) is 59.7 Å². The van der Waals surface area contributed by atoms with Gasteiger partial charge in [-0.25, -0.2) is 4.79 Å². The second-order valence-electron chi connectivity index (χ2n) is 16.3. The molecule has 2 saturated heterocycles. The minimum Gasteiger partial charge on any atom is -0.455 e. The van der Waals surface area contributed by atoms with Crippen molar-refractivity contribution < 1.29 is 47.9 Å². The molecule has 2 saturated carbocycles. The summed E-state index contributed by atoms with van der Waals surface area (Å²) in [5, 5.41) is 25.2. The topological polar surface area (TPSA) is 130 Å². The Morgan fingerprint density at radius 1 is 1.00 bits per heavy atom. The maximum atomic E-state index is 14.2. The fraction of sp³-hybridized carbons (Fsp3) is 0.737. The van der Waals surface area contributed by atoms with E-state index in [2.05, 4.69) is 27.7 Å². The van der Waals surface area contributed by atoms with Crippen molar-refractivity contribution in [3.63, 3.8) is 0 Å². The zero-order chi connectivity index (χ0) is 35.9. The summed E-state index contributed by atoms with van der Waals surface area (Å²) in [4.78, 5) is 27.3. The van der Waals surface area contributed by atoms with E-state index in [4.69, 9.17) is 28.1 Å². The van der Waals surface area contributed by atoms with Gasteiger partial charge in [0.05, 0.1) is 36.4 Å². The molecule has 0 spiro atoms. The van der Waals surface area contributed by atoms with Gasteiger partial charge < -0.3 is 38.3 Å². The van der Waals surface area contributed by atoms with Crippen molar-refractivity contribution in [1.82, 2.24) is 0 Å². The highest BCUT2D eigenvalue weighted by Gasteiger charge is 2.79. The van der Waals surface area contributed by atoms with Gasteiger partial charge in [0.15, 0.2) is 19.7 Å². The molecule has 2 aliphatic heterocycles. The Morgan fingerprint density at radius 3 is 2.18 bits per heavy atom. The third-order valence-electron chi connectivity index (χ3n) is 13.2. The van der Waals surface area contributed by atoms with Crippen molar-refractivity contribution in [2.75, 3.05) is 6.61 Å². The molecule has 3 aliphatic carbocycles. The summed E-state index contributed by atoms with van der Waals surface area (Å²) in [6.07, 6.45) is -4.49. The lowest BCUT2D eigenvalue weighted by molar-refractivity contribution is -0.361. The summed E-state index contributed by atoms with van der Waals surface area (Å²) >= 11 is 0. The number of benzene rings is 1. The van der Waals surface area contributed by atoms with Gasteiger partial charge in [0.25, 0.3) is 0 Å². The molecule has 0 aromatic heterocycles. The molecule has 0 radical (unpaired) electrons. The van der Waals surface area contributed by atoms with Crippen molar-refractivity contribution in [3.8, 4) is 0 Å². The average molecular weight is 701 g/mol. The first-order chi connectivity index (χ1) is 22.9. The Hall–Kier alpha value is -2.12. The van der Waals surface area contributed by atoms with Crippen molar-refractivity contribution in [3.05, 3.63) is 47.0 Å². The monoisotopic (exact) mass is 700 g/mol. The zero-order valence-electron chi connectivity index (χ0n) is 30.8. The fourth-order valence-corrected chi connectivity index (χ4v) is 13.2. The SMILES string of the molecule is CC[Si](CC)(CC)OC1CC2OCC2(OC(C)=O)C2C(OC(=O)c3ccccc3)C3(O)CC(O)C(C)=C(C4OC(C)(C)OC4[C@]12C)C3(C)C. The molecule has 5 aliphatic rings. The molecule has 272 valence electrons. The van der Waals surface area contributed by atoms with Gasteiger partial charge in [0.1, 0.15) is 23.9 Å². The van der Waals surface area contributed by atoms with Gasteiger partial charge in [-0.05, 0) is 62.2 Å². The van der Waals surface area contributed by atoms with E-state index < -0.39 is 90.6 Å². The van der Waals surface area contributed by atoms with Gasteiger partial charge in [-0.3, -0.25) is 4.79 Å². The first-order valence-electron chi connectivity index (χ1n) is 18.1. The number of aliphatic hydroxyl groups is 2. The first kappa shape index (κ1) is 36.7. The molecular weight excluding hydrogens is 644 g/mol. The molecule has 9 unspecified atom stereocenters. The lowest BCUT2D eigenvalue weighted by atomic mass is 9.44. The molecule has 2 N–H and O–H groups in total. The maximum Gasteiger partial charge on any atom is 0.338 e. The lowest BCUT2D eigenvalue weighted by Crippen LogP contribution is -2.82. The predicted molar refractivity (Wildman–Crippen MR) is 184 cm³/mol. The number of carbonyl (C=O) groups is 2. The maximum absolute atomic E-state index is 14.2. The van der Waals surface area contributed by atoms with E-state index >= 15 is 0 Å². The Morgan fingerprint density at radius 2 is 1.63 bits per heavy atom. The summed E-state index contributed by atoms with van der Waals surface area (Å²) in [5.74, 6) is -3.06. The second-order valence-corrected chi connectivity index (χ2v) is 21.0. The van der Waals surface area contributed by atoms with Crippen LogP contribution in [0.4, 0.5) is 0 Å². The minimum atomic E-state index is -2.31. The quantitative estimate of drug-likeness (QED) is 0.198. The number of aliphatic hydroxyl groups excluding tert-OH is 1. The van der Waals surface area contributed by atoms with Gasteiger partial charge in [-0.15, -0.1) is 0 Å². The second kappa shape index (κ2) is 12.2. The molecule has 10 atom stereocenters. The van der Waals surface area contributed by atoms with E-state index in [1.165, 1.54) is 6.92 Å². The van der Waals surface area contributed by atoms with E-state index in [0.717, 1.165) is 23.7 Å². The average Bonchev–Trinajstić information content (AvgIpc) is 3.36. The van der Waals surface area contributed by atoms with Crippen molar-refractivity contribution >= 4 is 20.3 Å². The minimum absolute atomic E-state index is 0.0456. The Bertz CT molecular complexity index is 1480. The number of fused-ring (bicyclic) bond motifs is 8. The molecule has 0 amide bonds. The normalized spacial score (nSPS) is 40.5. The summed E-state index contributed by atoms with van der Waals surface area (Å²) in [5.41, 5.74) is -3.53. The van der Waals surface area contributed by atoms with Crippen LogP contribution in [-0.2, 0) is 32.9 Å². The lowest BCUT2D eigenvalue weighted by Gasteiger charge is -2.69. The van der Waals surface area contributed by atoms with Crippen LogP contribution < -0.4 is 0 Å². The van der Waals surface area contributed by atoms with Gasteiger partial charge in [0, 0.05) is 30.6 Å². The molecule has 1 aromatic carbocycles. The number of rotatable bonds is 8. The number of hydrogen-bond donors (Lipinski definition) is 2. The molecule has 11 heteroatoms. The highest BCUT2D eigenvalue weighted by molar-refractivity contribution is 6.73. The highest BCUT2D eigenvalue weighted by atomic mass is 28.4. The third-order valence-corrected chi connectivity index (χ3v) is 17.9. The van der Waals surface area contributed by atoms with Crippen molar-refractivity contribution in [2.24, 2.45) is 16.7 Å². The molecule has 49 heavy (non-hydrogen) atoms. The first-order valence-corrected chi connectivity index (χ1v) is 20.6. The number of hydrogen-bond acceptors (Lipinski definition) is 10. The molecule has 1 aromatic rings. The fourth-order valence-electron chi connectivity index (χ4n) is 10.2. The van der Waals surface area contributed by atoms with Crippen LogP contribution in [0.25, 0.3) is 0 Å². The van der Waals surface area contributed by atoms with E-state index in [9.17, 15) is 19.8 Å². The standard InChI is InChI=1S/C38H56O10Si/c1-11-49(12-2,13-3)48-26-19-27-37(21-43-27,45-23(5)39)30-32(44-33(41)24-17-15-14-16-18-24)38(42)20-25(40)22(4)28(34(38,6)7)29-31(36(26,30)10)47-35(8,9)46-29/h14-18,25-27,29-32,40,42H,11-13,19-21H2,1-10H3/t25?,26?,27?,29?,30?,31?,32?,36-,37?,38?/m1/s1. The zero-order valence-corrected chi connectivity index (χ0v) is 31.8. The molecule has 2 heterocycles. The van der Waals surface area contributed by atoms with Crippen LogP contribution >= 0.6 is 0 Å². The van der Waals surface area contributed by atoms with Crippen molar-refractivity contribution in [2.45, 2.75) is 154 Å². The summed E-state index contributed by atoms with van der Waals surface area (Å²) in [6, 6.07) is 11.4. The molecular formula is C38H56O10Si. The summed E-state index contributed by atoms with van der Waals surface area (Å²) in [6.45, 7) is 19.5. The van der Waals surface area contributed by atoms with Gasteiger partial charge >= 0.3 is 11.9 Å². The molecule has 6 rings (SSSR count). The molecule has 2 bridgehead atoms. The van der Waals surface area contributed by atoms with Crippen LogP contribution in [0.1, 0.15) is 92.4 Å². The third kappa shape index (κ3) is 5.32. The highest BCUT2D eigenvalue weighted by Crippen LogP contribution is 2.67. The molecule has 10 nitrogen and oxygen atoms in total. The number of ether oxygens (including phenoxy) is 5. The number of esters is 2. The van der Waals surface area contributed by atoms with Crippen LogP contribution in [-0.4, -0.2) is 90.7 Å². The summed E-state index contributed by atoms with van der Waals surface area (Å²) in [7, 11) is -2.31. The van der Waals surface area contributed by atoms with Crippen LogP contribution in [0.2, 0.25) is 18.1 Å². The van der Waals surface area contributed by atoms with Gasteiger partial charge in [0.2, 0.25) is 0 Å². The Balaban J connectivity index is 1.69. The Labute approximate surface area is 291 Å². The van der Waals surface area contributed by atoms with E-state index in [0.29, 0.717) is 17.6 Å². The van der Waals surface area contributed by atoms with Gasteiger partial charge in [-0.2, -0.15) is 0 Å². The van der Waals surface area contributed by atoms with E-state index in [1.54, 1.807) is 24.3 Å². The van der Waals surface area contributed by atoms with Crippen LogP contribution in [0, 0.1) is 16.7 Å². The van der Waals surface area contributed by atoms with Crippen molar-refractivity contribution in [1.29, 1.82) is 0 Å².